The van der Waals surface area contributed by atoms with E-state index in [0.29, 0.717) is 26.3 Å². The zero-order valence-electron chi connectivity index (χ0n) is 19.0. The van der Waals surface area contributed by atoms with E-state index in [4.69, 9.17) is 19.2 Å². The molecule has 0 saturated carbocycles. The van der Waals surface area contributed by atoms with Crippen LogP contribution in [0.5, 0.6) is 11.5 Å². The first kappa shape index (κ1) is 23.5. The zero-order chi connectivity index (χ0) is 21.9. The molecule has 2 rings (SSSR count). The van der Waals surface area contributed by atoms with E-state index in [1.807, 2.05) is 40.0 Å². The Kier molecular flexibility index (Phi) is 9.41. The third-order valence-electron chi connectivity index (χ3n) is 4.69. The lowest BCUT2D eigenvalue weighted by Crippen LogP contribution is -2.37. The van der Waals surface area contributed by atoms with Gasteiger partial charge in [-0.1, -0.05) is 12.1 Å². The second kappa shape index (κ2) is 12.0. The number of nitrogens with zero attached hydrogens (tertiary/aromatic N) is 2. The van der Waals surface area contributed by atoms with E-state index >= 15 is 0 Å². The third kappa shape index (κ3) is 6.62. The molecule has 0 aliphatic carbocycles. The van der Waals surface area contributed by atoms with Gasteiger partial charge in [0.2, 0.25) is 0 Å². The minimum atomic E-state index is 0.502. The number of benzene rings is 1. The Morgan fingerprint density at radius 3 is 2.60 bits per heavy atom. The predicted molar refractivity (Wildman–Crippen MR) is 120 cm³/mol. The highest BCUT2D eigenvalue weighted by Gasteiger charge is 2.10. The van der Waals surface area contributed by atoms with Crippen LogP contribution in [0.3, 0.4) is 0 Å². The van der Waals surface area contributed by atoms with Crippen molar-refractivity contribution < 1.29 is 14.2 Å². The molecule has 0 bridgehead atoms. The van der Waals surface area contributed by atoms with Crippen LogP contribution in [0.1, 0.15) is 34.9 Å². The highest BCUT2D eigenvalue weighted by molar-refractivity contribution is 5.79. The second-order valence-electron chi connectivity index (χ2n) is 7.05. The van der Waals surface area contributed by atoms with Crippen LogP contribution in [0.15, 0.2) is 29.4 Å². The van der Waals surface area contributed by atoms with Gasteiger partial charge in [0.15, 0.2) is 5.96 Å². The molecule has 0 amide bonds. The summed E-state index contributed by atoms with van der Waals surface area (Å²) in [6.07, 6.45) is 1.84. The molecule has 0 aliphatic rings. The molecule has 2 aromatic rings. The number of hydrogen-bond donors (Lipinski definition) is 2. The number of rotatable bonds is 10. The Morgan fingerprint density at radius 2 is 1.90 bits per heavy atom. The van der Waals surface area contributed by atoms with Gasteiger partial charge in [-0.25, -0.2) is 4.99 Å². The molecule has 7 heteroatoms. The molecule has 0 atom stereocenters. The maximum Gasteiger partial charge on any atom is 0.191 e. The zero-order valence-corrected chi connectivity index (χ0v) is 19.0. The lowest BCUT2D eigenvalue weighted by molar-refractivity contribution is 0.145. The molecule has 0 unspecified atom stereocenters. The fraction of sp³-hybridized carbons (Fsp3) is 0.478. The van der Waals surface area contributed by atoms with Crippen molar-refractivity contribution in [3.05, 3.63) is 52.3 Å². The summed E-state index contributed by atoms with van der Waals surface area (Å²) in [5.41, 5.74) is 5.17. The van der Waals surface area contributed by atoms with Crippen LogP contribution < -0.4 is 20.1 Å². The molecule has 164 valence electrons. The second-order valence-corrected chi connectivity index (χ2v) is 7.05. The van der Waals surface area contributed by atoms with Gasteiger partial charge in [-0.3, -0.25) is 4.98 Å². The van der Waals surface area contributed by atoms with E-state index in [1.165, 1.54) is 0 Å². The predicted octanol–water partition coefficient (Wildman–Crippen LogP) is 3.30. The molecule has 0 saturated heterocycles. The first-order valence-electron chi connectivity index (χ1n) is 10.2. The molecule has 2 N–H and O–H groups in total. The lowest BCUT2D eigenvalue weighted by Gasteiger charge is -2.15. The van der Waals surface area contributed by atoms with E-state index in [0.717, 1.165) is 52.0 Å². The van der Waals surface area contributed by atoms with Crippen LogP contribution in [0.25, 0.3) is 0 Å². The summed E-state index contributed by atoms with van der Waals surface area (Å²) < 4.78 is 16.5. The summed E-state index contributed by atoms with van der Waals surface area (Å²) in [5.74, 6) is 2.44. The fourth-order valence-electron chi connectivity index (χ4n) is 3.08. The summed E-state index contributed by atoms with van der Waals surface area (Å²) >= 11 is 0. The Balaban J connectivity index is 2.12. The molecular formula is C23H34N4O3. The smallest absolute Gasteiger partial charge is 0.191 e. The van der Waals surface area contributed by atoms with Gasteiger partial charge < -0.3 is 24.8 Å². The van der Waals surface area contributed by atoms with Gasteiger partial charge in [0.05, 0.1) is 32.5 Å². The average Bonchev–Trinajstić information content (AvgIpc) is 2.73. The SMILES string of the molecule is CCNC(=NCc1ccc(C)cc1OCCOC)NCc1ncc(C)c(OC)c1C. The number of aromatic nitrogens is 1. The molecule has 7 nitrogen and oxygen atoms in total. The van der Waals surface area contributed by atoms with Gasteiger partial charge in [0.1, 0.15) is 18.1 Å². The number of ether oxygens (including phenoxy) is 3. The van der Waals surface area contributed by atoms with Gasteiger partial charge in [-0.15, -0.1) is 0 Å². The largest absolute Gasteiger partial charge is 0.496 e. The molecule has 0 radical (unpaired) electrons. The van der Waals surface area contributed by atoms with E-state index in [1.54, 1.807) is 14.2 Å². The number of pyridine rings is 1. The minimum Gasteiger partial charge on any atom is -0.496 e. The number of aliphatic imine (C=N–C) groups is 1. The van der Waals surface area contributed by atoms with Crippen molar-refractivity contribution in [2.45, 2.75) is 40.8 Å². The van der Waals surface area contributed by atoms with Crippen molar-refractivity contribution >= 4 is 5.96 Å². The van der Waals surface area contributed by atoms with Crippen LogP contribution in [0.4, 0.5) is 0 Å². The van der Waals surface area contributed by atoms with Crippen LogP contribution in [0, 0.1) is 20.8 Å². The minimum absolute atomic E-state index is 0.502. The highest BCUT2D eigenvalue weighted by atomic mass is 16.5. The summed E-state index contributed by atoms with van der Waals surface area (Å²) in [6.45, 7) is 11.0. The quantitative estimate of drug-likeness (QED) is 0.353. The first-order chi connectivity index (χ1) is 14.5. The number of guanidine groups is 1. The molecule has 1 aromatic carbocycles. The summed E-state index contributed by atoms with van der Waals surface area (Å²) in [7, 11) is 3.35. The van der Waals surface area contributed by atoms with Gasteiger partial charge in [0, 0.05) is 36.5 Å². The van der Waals surface area contributed by atoms with Gasteiger partial charge in [-0.05, 0) is 39.3 Å². The Morgan fingerprint density at radius 1 is 1.10 bits per heavy atom. The van der Waals surface area contributed by atoms with E-state index in [2.05, 4.69) is 27.8 Å². The Bertz CT molecular complexity index is 853. The first-order valence-corrected chi connectivity index (χ1v) is 10.2. The molecule has 1 aromatic heterocycles. The number of aryl methyl sites for hydroxylation is 2. The van der Waals surface area contributed by atoms with Crippen LogP contribution in [-0.4, -0.2) is 44.9 Å². The van der Waals surface area contributed by atoms with Crippen molar-refractivity contribution in [3.8, 4) is 11.5 Å². The topological polar surface area (TPSA) is 77.0 Å². The number of hydrogen-bond acceptors (Lipinski definition) is 5. The molecule has 0 spiro atoms. The summed E-state index contributed by atoms with van der Waals surface area (Å²) in [4.78, 5) is 9.28. The molecule has 1 heterocycles. The van der Waals surface area contributed by atoms with Gasteiger partial charge in [-0.2, -0.15) is 0 Å². The van der Waals surface area contributed by atoms with Crippen LogP contribution in [0.2, 0.25) is 0 Å². The fourth-order valence-corrected chi connectivity index (χ4v) is 3.08. The maximum absolute atomic E-state index is 5.87. The molecular weight excluding hydrogens is 380 g/mol. The highest BCUT2D eigenvalue weighted by Crippen LogP contribution is 2.24. The van der Waals surface area contributed by atoms with Gasteiger partial charge in [0.25, 0.3) is 0 Å². The molecule has 0 aliphatic heterocycles. The van der Waals surface area contributed by atoms with Crippen molar-refractivity contribution in [2.24, 2.45) is 4.99 Å². The molecule has 30 heavy (non-hydrogen) atoms. The van der Waals surface area contributed by atoms with Crippen LogP contribution >= 0.6 is 0 Å². The standard InChI is InChI=1S/C23H34N4O3/c1-7-24-23(27-15-20-18(4)22(29-6)17(3)13-25-20)26-14-19-9-8-16(2)12-21(19)30-11-10-28-5/h8-9,12-13H,7,10-11,14-15H2,1-6H3,(H2,24,26,27). The average molecular weight is 415 g/mol. The van der Waals surface area contributed by atoms with Crippen molar-refractivity contribution in [2.75, 3.05) is 34.0 Å². The third-order valence-corrected chi connectivity index (χ3v) is 4.69. The van der Waals surface area contributed by atoms with Crippen LogP contribution in [-0.2, 0) is 17.8 Å². The summed E-state index contributed by atoms with van der Waals surface area (Å²) in [6, 6.07) is 6.16. The maximum atomic E-state index is 5.87. The lowest BCUT2D eigenvalue weighted by atomic mass is 10.1. The van der Waals surface area contributed by atoms with E-state index < -0.39 is 0 Å². The van der Waals surface area contributed by atoms with Crippen molar-refractivity contribution in [1.29, 1.82) is 0 Å². The van der Waals surface area contributed by atoms with E-state index in [9.17, 15) is 0 Å². The number of nitrogens with one attached hydrogen (secondary N) is 2. The number of methoxy groups -OCH3 is 2. The Hall–Kier alpha value is -2.80. The van der Waals surface area contributed by atoms with Gasteiger partial charge >= 0.3 is 0 Å². The van der Waals surface area contributed by atoms with E-state index in [-0.39, 0.29) is 0 Å². The summed E-state index contributed by atoms with van der Waals surface area (Å²) in [5, 5.41) is 6.65. The molecule has 0 fully saturated rings. The normalized spacial score (nSPS) is 11.3. The monoisotopic (exact) mass is 414 g/mol. The van der Waals surface area contributed by atoms with Crippen molar-refractivity contribution in [1.82, 2.24) is 15.6 Å². The van der Waals surface area contributed by atoms with Crippen molar-refractivity contribution in [3.63, 3.8) is 0 Å². The Labute approximate surface area is 179 Å².